The maximum Gasteiger partial charge on any atom is 0.254 e. The van der Waals surface area contributed by atoms with Crippen molar-refractivity contribution >= 4 is 29.7 Å². The topological polar surface area (TPSA) is 44.9 Å². The second kappa shape index (κ2) is 7.75. The Morgan fingerprint density at radius 2 is 1.87 bits per heavy atom. The van der Waals surface area contributed by atoms with E-state index in [0.717, 1.165) is 17.9 Å². The Morgan fingerprint density at radius 3 is 2.43 bits per heavy atom. The Labute approximate surface area is 147 Å². The minimum Gasteiger partial charge on any atom is -0.352 e. The van der Waals surface area contributed by atoms with Gasteiger partial charge in [0.25, 0.3) is 5.91 Å². The van der Waals surface area contributed by atoms with E-state index in [4.69, 9.17) is 23.8 Å². The van der Waals surface area contributed by atoms with Crippen molar-refractivity contribution in [2.45, 2.75) is 32.1 Å². The summed E-state index contributed by atoms with van der Waals surface area (Å²) in [7, 11) is 0. The van der Waals surface area contributed by atoms with Crippen LogP contribution in [0.25, 0.3) is 0 Å². The molecule has 0 atom stereocenters. The summed E-state index contributed by atoms with van der Waals surface area (Å²) in [6.07, 6.45) is 3.56. The molecule has 0 spiro atoms. The van der Waals surface area contributed by atoms with Crippen LogP contribution in [-0.2, 0) is 5.41 Å². The highest BCUT2D eigenvalue weighted by molar-refractivity contribution is 7.71. The van der Waals surface area contributed by atoms with Gasteiger partial charge in [0.1, 0.15) is 4.64 Å². The van der Waals surface area contributed by atoms with E-state index in [0.29, 0.717) is 16.7 Å². The van der Waals surface area contributed by atoms with E-state index >= 15 is 0 Å². The van der Waals surface area contributed by atoms with Crippen molar-refractivity contribution in [3.05, 3.63) is 63.4 Å². The lowest BCUT2D eigenvalue weighted by Gasteiger charge is -2.32. The largest absolute Gasteiger partial charge is 0.352 e. The SMILES string of the molecule is CCC(CC)(CNC(=O)c1ccc[nH]c1=S)c1ccc(Cl)cc1. The molecule has 23 heavy (non-hydrogen) atoms. The van der Waals surface area contributed by atoms with Gasteiger partial charge in [0, 0.05) is 23.2 Å². The lowest BCUT2D eigenvalue weighted by molar-refractivity contribution is 0.0940. The minimum atomic E-state index is -0.146. The predicted molar refractivity (Wildman–Crippen MR) is 97.7 cm³/mol. The first kappa shape index (κ1) is 17.7. The smallest absolute Gasteiger partial charge is 0.254 e. The van der Waals surface area contributed by atoms with E-state index in [2.05, 4.69) is 24.1 Å². The maximum absolute atomic E-state index is 12.4. The zero-order valence-corrected chi connectivity index (χ0v) is 14.9. The first-order chi connectivity index (χ1) is 11.0. The molecule has 1 heterocycles. The standard InChI is InChI=1S/C18H21ClN2OS/c1-3-18(4-2,13-7-9-14(19)10-8-13)12-21-16(22)15-6-5-11-20-17(15)23/h5-11H,3-4,12H2,1-2H3,(H,20,23)(H,21,22). The van der Waals surface area contributed by atoms with Gasteiger partial charge in [-0.3, -0.25) is 4.79 Å². The third kappa shape index (κ3) is 4.01. The Balaban J connectivity index is 2.20. The number of nitrogens with one attached hydrogen (secondary N) is 2. The average Bonchev–Trinajstić information content (AvgIpc) is 2.57. The van der Waals surface area contributed by atoms with E-state index in [-0.39, 0.29) is 11.3 Å². The maximum atomic E-state index is 12.4. The quantitative estimate of drug-likeness (QED) is 0.730. The number of halogens is 1. The minimum absolute atomic E-state index is 0.111. The second-order valence-electron chi connectivity index (χ2n) is 5.59. The summed E-state index contributed by atoms with van der Waals surface area (Å²) in [5.74, 6) is -0.146. The summed E-state index contributed by atoms with van der Waals surface area (Å²) >= 11 is 11.2. The number of aromatic nitrogens is 1. The van der Waals surface area contributed by atoms with Gasteiger partial charge in [-0.05, 0) is 42.7 Å². The summed E-state index contributed by atoms with van der Waals surface area (Å²) in [5, 5.41) is 3.75. The van der Waals surface area contributed by atoms with Gasteiger partial charge in [-0.1, -0.05) is 49.8 Å². The molecule has 1 amide bonds. The van der Waals surface area contributed by atoms with Crippen LogP contribution in [0.15, 0.2) is 42.6 Å². The van der Waals surface area contributed by atoms with Gasteiger partial charge in [-0.25, -0.2) is 0 Å². The van der Waals surface area contributed by atoms with Crippen LogP contribution in [0.2, 0.25) is 5.02 Å². The molecule has 0 fully saturated rings. The van der Waals surface area contributed by atoms with E-state index in [1.54, 1.807) is 18.3 Å². The Kier molecular flexibility index (Phi) is 5.97. The lowest BCUT2D eigenvalue weighted by atomic mass is 9.76. The van der Waals surface area contributed by atoms with Crippen molar-refractivity contribution in [1.82, 2.24) is 10.3 Å². The number of hydrogen-bond donors (Lipinski definition) is 2. The van der Waals surface area contributed by atoms with Crippen molar-refractivity contribution in [3.8, 4) is 0 Å². The summed E-state index contributed by atoms with van der Waals surface area (Å²) < 4.78 is 0.454. The van der Waals surface area contributed by atoms with Gasteiger partial charge < -0.3 is 10.3 Å². The number of hydrogen-bond acceptors (Lipinski definition) is 2. The number of carbonyl (C=O) groups is 1. The molecule has 0 saturated carbocycles. The highest BCUT2D eigenvalue weighted by atomic mass is 35.5. The Bertz CT molecular complexity index is 720. The van der Waals surface area contributed by atoms with Crippen LogP contribution in [0.1, 0.15) is 42.6 Å². The zero-order chi connectivity index (χ0) is 16.9. The van der Waals surface area contributed by atoms with E-state index in [9.17, 15) is 4.79 Å². The lowest BCUT2D eigenvalue weighted by Crippen LogP contribution is -2.40. The van der Waals surface area contributed by atoms with Crippen molar-refractivity contribution in [2.24, 2.45) is 0 Å². The Hall–Kier alpha value is -1.65. The van der Waals surface area contributed by atoms with Gasteiger partial charge >= 0.3 is 0 Å². The summed E-state index contributed by atoms with van der Waals surface area (Å²) in [6, 6.07) is 11.4. The molecule has 1 aromatic heterocycles. The second-order valence-corrected chi connectivity index (χ2v) is 6.43. The molecule has 2 aromatic rings. The molecule has 1 aromatic carbocycles. The third-order valence-corrected chi connectivity index (χ3v) is 5.05. The molecule has 2 rings (SSSR count). The summed E-state index contributed by atoms with van der Waals surface area (Å²) in [5.41, 5.74) is 1.57. The zero-order valence-electron chi connectivity index (χ0n) is 13.4. The van der Waals surface area contributed by atoms with Crippen LogP contribution >= 0.6 is 23.8 Å². The van der Waals surface area contributed by atoms with Crippen LogP contribution in [0, 0.1) is 4.64 Å². The molecule has 0 aliphatic rings. The molecule has 0 saturated heterocycles. The van der Waals surface area contributed by atoms with Crippen LogP contribution in [0.5, 0.6) is 0 Å². The number of amides is 1. The van der Waals surface area contributed by atoms with Crippen LogP contribution in [0.4, 0.5) is 0 Å². The highest BCUT2D eigenvalue weighted by Crippen LogP contribution is 2.31. The molecular formula is C18H21ClN2OS. The van der Waals surface area contributed by atoms with Crippen molar-refractivity contribution < 1.29 is 4.79 Å². The normalized spacial score (nSPS) is 11.3. The van der Waals surface area contributed by atoms with Gasteiger partial charge in [0.05, 0.1) is 5.56 Å². The van der Waals surface area contributed by atoms with Crippen molar-refractivity contribution in [2.75, 3.05) is 6.54 Å². The Morgan fingerprint density at radius 1 is 1.22 bits per heavy atom. The first-order valence-electron chi connectivity index (χ1n) is 7.74. The summed E-state index contributed by atoms with van der Waals surface area (Å²) in [4.78, 5) is 15.3. The number of rotatable bonds is 6. The van der Waals surface area contributed by atoms with Crippen LogP contribution in [-0.4, -0.2) is 17.4 Å². The molecule has 0 bridgehead atoms. The average molecular weight is 349 g/mol. The third-order valence-electron chi connectivity index (χ3n) is 4.46. The number of aromatic amines is 1. The van der Waals surface area contributed by atoms with Gasteiger partial charge in [0.15, 0.2) is 0 Å². The van der Waals surface area contributed by atoms with E-state index < -0.39 is 0 Å². The van der Waals surface area contributed by atoms with Gasteiger partial charge in [0.2, 0.25) is 0 Å². The van der Waals surface area contributed by atoms with E-state index in [1.807, 2.05) is 24.3 Å². The molecule has 3 nitrogen and oxygen atoms in total. The van der Waals surface area contributed by atoms with Crippen LogP contribution in [0.3, 0.4) is 0 Å². The number of carbonyl (C=O) groups excluding carboxylic acids is 1. The molecule has 0 aliphatic carbocycles. The fourth-order valence-corrected chi connectivity index (χ4v) is 3.11. The first-order valence-corrected chi connectivity index (χ1v) is 8.53. The van der Waals surface area contributed by atoms with E-state index in [1.165, 1.54) is 5.56 Å². The van der Waals surface area contributed by atoms with Crippen molar-refractivity contribution in [3.63, 3.8) is 0 Å². The molecule has 0 aliphatic heterocycles. The number of benzene rings is 1. The van der Waals surface area contributed by atoms with Gasteiger partial charge in [-0.15, -0.1) is 0 Å². The van der Waals surface area contributed by atoms with Crippen LogP contribution < -0.4 is 5.32 Å². The molecule has 5 heteroatoms. The fourth-order valence-electron chi connectivity index (χ4n) is 2.76. The molecular weight excluding hydrogens is 328 g/mol. The molecule has 122 valence electrons. The molecule has 0 radical (unpaired) electrons. The van der Waals surface area contributed by atoms with Gasteiger partial charge in [-0.2, -0.15) is 0 Å². The van der Waals surface area contributed by atoms with Crippen molar-refractivity contribution in [1.29, 1.82) is 0 Å². The summed E-state index contributed by atoms with van der Waals surface area (Å²) in [6.45, 7) is 4.84. The molecule has 2 N–H and O–H groups in total. The molecule has 0 unspecified atom stereocenters. The number of H-pyrrole nitrogens is 1. The fraction of sp³-hybridized carbons (Fsp3) is 0.333. The highest BCUT2D eigenvalue weighted by Gasteiger charge is 2.29. The monoisotopic (exact) mass is 348 g/mol. The number of pyridine rings is 1. The predicted octanol–water partition coefficient (Wildman–Crippen LogP) is 4.89.